The highest BCUT2D eigenvalue weighted by molar-refractivity contribution is 5.79. The number of likely N-dealkylation sites (tertiary alicyclic amines) is 2. The molecule has 0 aromatic heterocycles. The molecular formula is C16H28N2O4. The van der Waals surface area contributed by atoms with Crippen LogP contribution in [0.4, 0.5) is 0 Å². The van der Waals surface area contributed by atoms with Gasteiger partial charge in [0, 0.05) is 38.6 Å². The van der Waals surface area contributed by atoms with Crippen LogP contribution in [0.2, 0.25) is 0 Å². The molecule has 0 radical (unpaired) electrons. The Morgan fingerprint density at radius 3 is 2.05 bits per heavy atom. The first-order valence-corrected chi connectivity index (χ1v) is 8.60. The van der Waals surface area contributed by atoms with Gasteiger partial charge in [0.05, 0.1) is 12.2 Å². The summed E-state index contributed by atoms with van der Waals surface area (Å²) in [5, 5.41) is 29.1. The SMILES string of the molecule is O=C(C1CCC1)N1CCC(CN2C[C@@H](O)C(O)[C@@H](O)C2)CC1. The van der Waals surface area contributed by atoms with E-state index >= 15 is 0 Å². The zero-order valence-corrected chi connectivity index (χ0v) is 13.1. The molecular weight excluding hydrogens is 284 g/mol. The Bertz CT molecular complexity index is 382. The number of nitrogens with zero attached hydrogens (tertiary/aromatic N) is 2. The second kappa shape index (κ2) is 6.83. The number of carbonyl (C=O) groups excluding carboxylic acids is 1. The van der Waals surface area contributed by atoms with Gasteiger partial charge in [-0.15, -0.1) is 0 Å². The summed E-state index contributed by atoms with van der Waals surface area (Å²) in [6.45, 7) is 3.33. The van der Waals surface area contributed by atoms with Gasteiger partial charge in [-0.3, -0.25) is 9.69 Å². The molecule has 6 nitrogen and oxygen atoms in total. The minimum absolute atomic E-state index is 0.283. The van der Waals surface area contributed by atoms with Crippen molar-refractivity contribution in [1.82, 2.24) is 9.80 Å². The standard InChI is InChI=1S/C16H28N2O4/c19-13-9-17(10-14(20)15(13)21)8-11-4-6-18(7-5-11)16(22)12-2-1-3-12/h11-15,19-21H,1-10H2/t13-,14+,15?. The lowest BCUT2D eigenvalue weighted by molar-refractivity contribution is -0.140. The van der Waals surface area contributed by atoms with Crippen LogP contribution in [0, 0.1) is 11.8 Å². The average molecular weight is 312 g/mol. The van der Waals surface area contributed by atoms with E-state index in [9.17, 15) is 20.1 Å². The third kappa shape index (κ3) is 3.45. The molecule has 1 amide bonds. The number of hydrogen-bond acceptors (Lipinski definition) is 5. The van der Waals surface area contributed by atoms with Crippen molar-refractivity contribution in [2.45, 2.75) is 50.4 Å². The Balaban J connectivity index is 1.43. The van der Waals surface area contributed by atoms with Crippen molar-refractivity contribution in [2.24, 2.45) is 11.8 Å². The van der Waals surface area contributed by atoms with Crippen LogP contribution in [0.25, 0.3) is 0 Å². The Kier molecular flexibility index (Phi) is 5.02. The van der Waals surface area contributed by atoms with E-state index in [-0.39, 0.29) is 5.92 Å². The molecule has 3 N–H and O–H groups in total. The Labute approximate surface area is 131 Å². The van der Waals surface area contributed by atoms with Gasteiger partial charge in [0.2, 0.25) is 5.91 Å². The maximum atomic E-state index is 12.2. The first-order valence-electron chi connectivity index (χ1n) is 8.60. The third-order valence-electron chi connectivity index (χ3n) is 5.58. The summed E-state index contributed by atoms with van der Waals surface area (Å²) in [6, 6.07) is 0. The van der Waals surface area contributed by atoms with Crippen molar-refractivity contribution in [3.05, 3.63) is 0 Å². The first kappa shape index (κ1) is 16.2. The third-order valence-corrected chi connectivity index (χ3v) is 5.58. The van der Waals surface area contributed by atoms with Crippen LogP contribution in [0.3, 0.4) is 0 Å². The molecule has 2 heterocycles. The van der Waals surface area contributed by atoms with E-state index in [1.54, 1.807) is 0 Å². The molecule has 3 aliphatic rings. The lowest BCUT2D eigenvalue weighted by atomic mass is 9.83. The molecule has 22 heavy (non-hydrogen) atoms. The predicted octanol–water partition coefficient (Wildman–Crippen LogP) is -0.577. The van der Waals surface area contributed by atoms with E-state index in [0.29, 0.717) is 24.9 Å². The summed E-state index contributed by atoms with van der Waals surface area (Å²) >= 11 is 0. The van der Waals surface area contributed by atoms with Crippen LogP contribution in [0.5, 0.6) is 0 Å². The summed E-state index contributed by atoms with van der Waals surface area (Å²) in [5.41, 5.74) is 0. The second-order valence-electron chi connectivity index (χ2n) is 7.24. The lowest BCUT2D eigenvalue weighted by Gasteiger charge is -2.41. The molecule has 2 saturated heterocycles. The van der Waals surface area contributed by atoms with E-state index in [0.717, 1.165) is 45.3 Å². The normalized spacial score (nSPS) is 35.4. The molecule has 126 valence electrons. The number of amides is 1. The van der Waals surface area contributed by atoms with E-state index in [4.69, 9.17) is 0 Å². The smallest absolute Gasteiger partial charge is 0.225 e. The number of rotatable bonds is 3. The van der Waals surface area contributed by atoms with Crippen LogP contribution < -0.4 is 0 Å². The number of aliphatic hydroxyl groups is 3. The van der Waals surface area contributed by atoms with Gasteiger partial charge in [-0.05, 0) is 31.6 Å². The van der Waals surface area contributed by atoms with Gasteiger partial charge in [-0.1, -0.05) is 6.42 Å². The molecule has 1 saturated carbocycles. The van der Waals surface area contributed by atoms with Crippen molar-refractivity contribution >= 4 is 5.91 Å². The number of carbonyl (C=O) groups is 1. The highest BCUT2D eigenvalue weighted by Crippen LogP contribution is 2.30. The first-order chi connectivity index (χ1) is 10.5. The fraction of sp³-hybridized carbons (Fsp3) is 0.938. The molecule has 0 aromatic rings. The van der Waals surface area contributed by atoms with Crippen LogP contribution >= 0.6 is 0 Å². The van der Waals surface area contributed by atoms with Crippen LogP contribution in [-0.2, 0) is 4.79 Å². The zero-order valence-electron chi connectivity index (χ0n) is 13.1. The van der Waals surface area contributed by atoms with Crippen LogP contribution in [0.15, 0.2) is 0 Å². The maximum Gasteiger partial charge on any atom is 0.225 e. The van der Waals surface area contributed by atoms with E-state index < -0.39 is 18.3 Å². The Morgan fingerprint density at radius 1 is 0.955 bits per heavy atom. The van der Waals surface area contributed by atoms with E-state index in [1.807, 2.05) is 9.80 Å². The van der Waals surface area contributed by atoms with Crippen LogP contribution in [0.1, 0.15) is 32.1 Å². The quantitative estimate of drug-likeness (QED) is 0.649. The molecule has 1 unspecified atom stereocenters. The molecule has 1 aliphatic carbocycles. The average Bonchev–Trinajstić information content (AvgIpc) is 2.43. The second-order valence-corrected chi connectivity index (χ2v) is 7.24. The van der Waals surface area contributed by atoms with Gasteiger partial charge in [0.15, 0.2) is 0 Å². The Hall–Kier alpha value is -0.690. The highest BCUT2D eigenvalue weighted by atomic mass is 16.4. The Morgan fingerprint density at radius 2 is 1.55 bits per heavy atom. The lowest BCUT2D eigenvalue weighted by Crippen LogP contribution is -2.56. The van der Waals surface area contributed by atoms with Crippen molar-refractivity contribution < 1.29 is 20.1 Å². The summed E-state index contributed by atoms with van der Waals surface area (Å²) in [6.07, 6.45) is 2.52. The van der Waals surface area contributed by atoms with Gasteiger partial charge in [0.25, 0.3) is 0 Å². The summed E-state index contributed by atoms with van der Waals surface area (Å²) in [7, 11) is 0. The van der Waals surface area contributed by atoms with Gasteiger partial charge in [-0.2, -0.15) is 0 Å². The highest BCUT2D eigenvalue weighted by Gasteiger charge is 2.35. The number of piperidine rings is 2. The number of hydrogen-bond donors (Lipinski definition) is 3. The van der Waals surface area contributed by atoms with Gasteiger partial charge in [0.1, 0.15) is 6.10 Å². The minimum atomic E-state index is -1.03. The maximum absolute atomic E-state index is 12.2. The van der Waals surface area contributed by atoms with Gasteiger partial charge >= 0.3 is 0 Å². The van der Waals surface area contributed by atoms with Crippen molar-refractivity contribution in [1.29, 1.82) is 0 Å². The minimum Gasteiger partial charge on any atom is -0.389 e. The van der Waals surface area contributed by atoms with E-state index in [2.05, 4.69) is 0 Å². The molecule has 0 bridgehead atoms. The molecule has 3 rings (SSSR count). The molecule has 0 spiro atoms. The molecule has 3 atom stereocenters. The monoisotopic (exact) mass is 312 g/mol. The van der Waals surface area contributed by atoms with Crippen molar-refractivity contribution in [2.75, 3.05) is 32.7 Å². The molecule has 2 aliphatic heterocycles. The zero-order chi connectivity index (χ0) is 15.7. The summed E-state index contributed by atoms with van der Waals surface area (Å²) in [4.78, 5) is 16.3. The fourth-order valence-corrected chi connectivity index (χ4v) is 3.84. The molecule has 0 aromatic carbocycles. The number of β-amino-alcohol motifs (C(OH)–C–C–N with tert-alkyl or cyclic N) is 2. The van der Waals surface area contributed by atoms with Gasteiger partial charge < -0.3 is 20.2 Å². The molecule has 3 fully saturated rings. The van der Waals surface area contributed by atoms with Crippen LogP contribution in [-0.4, -0.2) is 82.1 Å². The summed E-state index contributed by atoms with van der Waals surface area (Å²) in [5.74, 6) is 1.13. The fourth-order valence-electron chi connectivity index (χ4n) is 3.84. The largest absolute Gasteiger partial charge is 0.389 e. The van der Waals surface area contributed by atoms with E-state index in [1.165, 1.54) is 6.42 Å². The van der Waals surface area contributed by atoms with Gasteiger partial charge in [-0.25, -0.2) is 0 Å². The summed E-state index contributed by atoms with van der Waals surface area (Å²) < 4.78 is 0. The topological polar surface area (TPSA) is 84.2 Å². The van der Waals surface area contributed by atoms with Crippen molar-refractivity contribution in [3.8, 4) is 0 Å². The van der Waals surface area contributed by atoms with Crippen molar-refractivity contribution in [3.63, 3.8) is 0 Å². The predicted molar refractivity (Wildman–Crippen MR) is 81.1 cm³/mol. The number of aliphatic hydroxyl groups excluding tert-OH is 3. The molecule has 6 heteroatoms.